The molecule has 152 valence electrons. The predicted molar refractivity (Wildman–Crippen MR) is 118 cm³/mol. The van der Waals surface area contributed by atoms with Gasteiger partial charge in [0.25, 0.3) is 5.91 Å². The van der Waals surface area contributed by atoms with Crippen molar-refractivity contribution in [1.82, 2.24) is 5.32 Å². The number of nitrogens with one attached hydrogen (secondary N) is 2. The first-order valence-electron chi connectivity index (χ1n) is 11.4. The fourth-order valence-corrected chi connectivity index (χ4v) is 6.19. The highest BCUT2D eigenvalue weighted by Crippen LogP contribution is 2.63. The highest BCUT2D eigenvalue weighted by Gasteiger charge is 2.53. The summed E-state index contributed by atoms with van der Waals surface area (Å²) in [6.07, 6.45) is 5.08. The molecule has 1 heterocycles. The smallest absolute Gasteiger partial charge is 0.251 e. The number of fused-ring (bicyclic) bond motifs is 7. The molecule has 1 aliphatic heterocycles. The molecule has 0 radical (unpaired) electrons. The number of carbonyl (C=O) groups is 1. The lowest BCUT2D eigenvalue weighted by molar-refractivity contribution is 0.0951. The van der Waals surface area contributed by atoms with Gasteiger partial charge >= 0.3 is 0 Å². The number of carbonyl (C=O) groups excluding carboxylic acids is 1. The fourth-order valence-electron chi connectivity index (χ4n) is 6.19. The van der Waals surface area contributed by atoms with Gasteiger partial charge in [0.05, 0.1) is 6.04 Å². The zero-order chi connectivity index (χ0) is 20.0. The van der Waals surface area contributed by atoms with Crippen molar-refractivity contribution in [2.24, 2.45) is 23.7 Å². The first kappa shape index (κ1) is 18.7. The van der Waals surface area contributed by atoms with Crippen molar-refractivity contribution in [1.29, 1.82) is 0 Å². The van der Waals surface area contributed by atoms with Crippen LogP contribution in [0.2, 0.25) is 0 Å². The topological polar surface area (TPSA) is 41.1 Å². The summed E-state index contributed by atoms with van der Waals surface area (Å²) in [7, 11) is 0. The predicted octanol–water partition coefficient (Wildman–Crippen LogP) is 5.76. The Balaban J connectivity index is 1.45. The van der Waals surface area contributed by atoms with Gasteiger partial charge < -0.3 is 10.6 Å². The fraction of sp³-hybridized carbons (Fsp3) is 0.500. The van der Waals surface area contributed by atoms with E-state index in [9.17, 15) is 4.79 Å². The maximum absolute atomic E-state index is 12.7. The van der Waals surface area contributed by atoms with Crippen LogP contribution in [0.3, 0.4) is 0 Å². The van der Waals surface area contributed by atoms with E-state index in [1.807, 2.05) is 6.07 Å². The molecule has 0 saturated heterocycles. The largest absolute Gasteiger partial charge is 0.378 e. The molecule has 3 aliphatic rings. The SMILES string of the molecule is CC(C)CCNC(=O)c1ccc2c(c1)[C@@H]1[C@H]3CC[C@@H](C3)[C@H]1[C@@H](c1ccccc1)N2. The van der Waals surface area contributed by atoms with Crippen LogP contribution in [0, 0.1) is 23.7 Å². The molecule has 3 heteroatoms. The Kier molecular flexibility index (Phi) is 4.85. The Labute approximate surface area is 174 Å². The quantitative estimate of drug-likeness (QED) is 0.684. The van der Waals surface area contributed by atoms with Crippen LogP contribution in [0.15, 0.2) is 48.5 Å². The number of hydrogen-bond acceptors (Lipinski definition) is 2. The molecule has 5 atom stereocenters. The van der Waals surface area contributed by atoms with Gasteiger partial charge in [0, 0.05) is 17.8 Å². The van der Waals surface area contributed by atoms with Crippen molar-refractivity contribution in [3.63, 3.8) is 0 Å². The number of amides is 1. The number of hydrogen-bond donors (Lipinski definition) is 2. The second kappa shape index (κ2) is 7.51. The third kappa shape index (κ3) is 3.35. The summed E-state index contributed by atoms with van der Waals surface area (Å²) in [6.45, 7) is 5.13. The molecule has 2 N–H and O–H groups in total. The molecule has 0 spiro atoms. The van der Waals surface area contributed by atoms with Crippen molar-refractivity contribution < 1.29 is 4.79 Å². The van der Waals surface area contributed by atoms with Gasteiger partial charge in [-0.05, 0) is 84.6 Å². The molecular formula is C26H32N2O. The number of benzene rings is 2. The Morgan fingerprint density at radius 1 is 1.10 bits per heavy atom. The van der Waals surface area contributed by atoms with E-state index in [0.717, 1.165) is 30.4 Å². The monoisotopic (exact) mass is 388 g/mol. The molecule has 2 aromatic rings. The Hall–Kier alpha value is -2.29. The minimum absolute atomic E-state index is 0.0679. The summed E-state index contributed by atoms with van der Waals surface area (Å²) in [5, 5.41) is 6.97. The van der Waals surface area contributed by atoms with Gasteiger partial charge in [-0.15, -0.1) is 0 Å². The van der Waals surface area contributed by atoms with Crippen molar-refractivity contribution in [3.8, 4) is 0 Å². The van der Waals surface area contributed by atoms with Crippen molar-refractivity contribution in [2.45, 2.75) is 51.5 Å². The molecule has 3 nitrogen and oxygen atoms in total. The standard InChI is InChI=1S/C26H32N2O/c1-16(2)12-13-27-26(29)20-10-11-22-21(15-20)23-18-8-9-19(14-18)24(23)25(28-22)17-6-4-3-5-7-17/h3-7,10-11,15-16,18-19,23-25,28H,8-9,12-14H2,1-2H3,(H,27,29)/t18-,19-,23-,24+,25+/m0/s1. The lowest BCUT2D eigenvalue weighted by atomic mass is 9.68. The summed E-state index contributed by atoms with van der Waals surface area (Å²) < 4.78 is 0. The minimum atomic E-state index is 0.0679. The maximum atomic E-state index is 12.7. The number of rotatable bonds is 5. The Morgan fingerprint density at radius 3 is 2.69 bits per heavy atom. The van der Waals surface area contributed by atoms with E-state index in [0.29, 0.717) is 23.8 Å². The molecule has 2 fully saturated rings. The second-order valence-corrected chi connectivity index (χ2v) is 9.71. The van der Waals surface area contributed by atoms with Crippen molar-refractivity contribution in [3.05, 3.63) is 65.2 Å². The van der Waals surface area contributed by atoms with E-state index in [4.69, 9.17) is 0 Å². The summed E-state index contributed by atoms with van der Waals surface area (Å²) in [5.74, 6) is 3.48. The van der Waals surface area contributed by atoms with Crippen LogP contribution in [0.1, 0.15) is 73.0 Å². The van der Waals surface area contributed by atoms with Crippen molar-refractivity contribution >= 4 is 11.6 Å². The van der Waals surface area contributed by atoms with E-state index in [2.05, 4.69) is 66.9 Å². The molecular weight excluding hydrogens is 356 g/mol. The van der Waals surface area contributed by atoms with Gasteiger partial charge in [0.2, 0.25) is 0 Å². The van der Waals surface area contributed by atoms with E-state index in [1.54, 1.807) is 0 Å². The highest BCUT2D eigenvalue weighted by molar-refractivity contribution is 5.95. The second-order valence-electron chi connectivity index (χ2n) is 9.71. The summed E-state index contributed by atoms with van der Waals surface area (Å²) in [6, 6.07) is 17.6. The van der Waals surface area contributed by atoms with Gasteiger partial charge in [0.15, 0.2) is 0 Å². The molecule has 2 saturated carbocycles. The molecule has 0 unspecified atom stereocenters. The van der Waals surface area contributed by atoms with Crippen LogP contribution in [-0.4, -0.2) is 12.5 Å². The van der Waals surface area contributed by atoms with Crippen LogP contribution in [0.5, 0.6) is 0 Å². The lowest BCUT2D eigenvalue weighted by Crippen LogP contribution is -2.35. The van der Waals surface area contributed by atoms with Crippen molar-refractivity contribution in [2.75, 3.05) is 11.9 Å². The number of anilines is 1. The van der Waals surface area contributed by atoms with Crippen LogP contribution >= 0.6 is 0 Å². The molecule has 29 heavy (non-hydrogen) atoms. The van der Waals surface area contributed by atoms with Gasteiger partial charge in [-0.25, -0.2) is 0 Å². The first-order valence-corrected chi connectivity index (χ1v) is 11.4. The molecule has 2 aromatic carbocycles. The van der Waals surface area contributed by atoms with Gasteiger partial charge in [-0.1, -0.05) is 44.2 Å². The Morgan fingerprint density at radius 2 is 1.90 bits per heavy atom. The van der Waals surface area contributed by atoms with E-state index < -0.39 is 0 Å². The van der Waals surface area contributed by atoms with Crippen LogP contribution in [0.25, 0.3) is 0 Å². The summed E-state index contributed by atoms with van der Waals surface area (Å²) in [5.41, 5.74) is 4.82. The zero-order valence-electron chi connectivity index (χ0n) is 17.5. The summed E-state index contributed by atoms with van der Waals surface area (Å²) in [4.78, 5) is 12.7. The lowest BCUT2D eigenvalue weighted by Gasteiger charge is -2.43. The van der Waals surface area contributed by atoms with Crippen LogP contribution in [-0.2, 0) is 0 Å². The van der Waals surface area contributed by atoms with Gasteiger partial charge in [-0.2, -0.15) is 0 Å². The third-order valence-electron chi connectivity index (χ3n) is 7.52. The first-order chi connectivity index (χ1) is 14.1. The van der Waals surface area contributed by atoms with Crippen LogP contribution < -0.4 is 10.6 Å². The molecule has 2 aliphatic carbocycles. The van der Waals surface area contributed by atoms with Gasteiger partial charge in [-0.3, -0.25) is 4.79 Å². The molecule has 0 aromatic heterocycles. The third-order valence-corrected chi connectivity index (χ3v) is 7.52. The van der Waals surface area contributed by atoms with Gasteiger partial charge in [0.1, 0.15) is 0 Å². The molecule has 2 bridgehead atoms. The zero-order valence-corrected chi connectivity index (χ0v) is 17.5. The maximum Gasteiger partial charge on any atom is 0.251 e. The molecule has 5 rings (SSSR count). The Bertz CT molecular complexity index is 891. The average Bonchev–Trinajstić information content (AvgIpc) is 3.36. The highest BCUT2D eigenvalue weighted by atomic mass is 16.1. The van der Waals surface area contributed by atoms with E-state index in [-0.39, 0.29) is 5.91 Å². The minimum Gasteiger partial charge on any atom is -0.378 e. The van der Waals surface area contributed by atoms with E-state index >= 15 is 0 Å². The molecule has 1 amide bonds. The van der Waals surface area contributed by atoms with E-state index in [1.165, 1.54) is 36.1 Å². The normalized spacial score (nSPS) is 29.3. The summed E-state index contributed by atoms with van der Waals surface area (Å²) >= 11 is 0. The average molecular weight is 389 g/mol. The van der Waals surface area contributed by atoms with Crippen LogP contribution in [0.4, 0.5) is 5.69 Å².